The van der Waals surface area contributed by atoms with Crippen LogP contribution in [-0.4, -0.2) is 6.21 Å². The van der Waals surface area contributed by atoms with Gasteiger partial charge in [-0.05, 0) is 12.1 Å². The van der Waals surface area contributed by atoms with Gasteiger partial charge < -0.3 is 16.9 Å². The highest BCUT2D eigenvalue weighted by Crippen LogP contribution is 2.15. The largest absolute Gasteiger partial charge is 0.398 e. The second-order valence-electron chi connectivity index (χ2n) is 1.99. The highest BCUT2D eigenvalue weighted by atomic mass is 14.6. The van der Waals surface area contributed by atoms with Gasteiger partial charge >= 0.3 is 0 Å². The third-order valence-electron chi connectivity index (χ3n) is 1.32. The predicted octanol–water partition coefficient (Wildman–Crippen LogP) is 0.849. The van der Waals surface area contributed by atoms with E-state index < -0.39 is 0 Å². The molecule has 0 unspecified atom stereocenters. The van der Waals surface area contributed by atoms with Crippen molar-refractivity contribution in [1.29, 1.82) is 5.41 Å². The Morgan fingerprint density at radius 3 is 2.00 bits per heavy atom. The monoisotopic (exact) mass is 135 g/mol. The van der Waals surface area contributed by atoms with E-state index in [0.29, 0.717) is 16.9 Å². The Kier molecular flexibility index (Phi) is 1.58. The van der Waals surface area contributed by atoms with Crippen LogP contribution in [0.15, 0.2) is 18.2 Å². The van der Waals surface area contributed by atoms with E-state index in [1.807, 2.05) is 0 Å². The van der Waals surface area contributed by atoms with Crippen molar-refractivity contribution in [3.63, 3.8) is 0 Å². The number of rotatable bonds is 1. The summed E-state index contributed by atoms with van der Waals surface area (Å²) in [5.41, 5.74) is 12.7. The van der Waals surface area contributed by atoms with Crippen molar-refractivity contribution in [2.75, 3.05) is 11.5 Å². The topological polar surface area (TPSA) is 75.9 Å². The molecule has 0 aromatic heterocycles. The third-order valence-corrected chi connectivity index (χ3v) is 1.32. The number of hydrogen-bond donors (Lipinski definition) is 3. The summed E-state index contributed by atoms with van der Waals surface area (Å²) in [7, 11) is 0. The summed E-state index contributed by atoms with van der Waals surface area (Å²) in [5.74, 6) is 0. The molecule has 52 valence electrons. The van der Waals surface area contributed by atoms with E-state index in [9.17, 15) is 0 Å². The smallest absolute Gasteiger partial charge is 0.0423 e. The van der Waals surface area contributed by atoms with Crippen LogP contribution in [-0.2, 0) is 0 Å². The molecule has 3 heteroatoms. The minimum atomic E-state index is 0.551. The molecule has 10 heavy (non-hydrogen) atoms. The van der Waals surface area contributed by atoms with Crippen LogP contribution in [0, 0.1) is 5.41 Å². The fourth-order valence-electron chi connectivity index (χ4n) is 0.768. The molecule has 0 atom stereocenters. The van der Waals surface area contributed by atoms with Crippen LogP contribution in [0.2, 0.25) is 0 Å². The van der Waals surface area contributed by atoms with Gasteiger partial charge in [-0.15, -0.1) is 0 Å². The van der Waals surface area contributed by atoms with Crippen molar-refractivity contribution < 1.29 is 0 Å². The van der Waals surface area contributed by atoms with Crippen LogP contribution in [0.1, 0.15) is 5.56 Å². The van der Waals surface area contributed by atoms with Crippen LogP contribution >= 0.6 is 0 Å². The van der Waals surface area contributed by atoms with E-state index in [1.54, 1.807) is 18.2 Å². The van der Waals surface area contributed by atoms with Crippen LogP contribution in [0.25, 0.3) is 0 Å². The molecule has 0 bridgehead atoms. The number of nitrogen functional groups attached to an aromatic ring is 2. The zero-order valence-corrected chi connectivity index (χ0v) is 5.46. The molecule has 1 rings (SSSR count). The lowest BCUT2D eigenvalue weighted by Gasteiger charge is -2.00. The fraction of sp³-hybridized carbons (Fsp3) is 0. The molecule has 0 saturated heterocycles. The molecule has 1 aromatic carbocycles. The summed E-state index contributed by atoms with van der Waals surface area (Å²) in [4.78, 5) is 0. The van der Waals surface area contributed by atoms with Crippen molar-refractivity contribution in [2.24, 2.45) is 0 Å². The first kappa shape index (κ1) is 6.61. The summed E-state index contributed by atoms with van der Waals surface area (Å²) >= 11 is 0. The first-order chi connectivity index (χ1) is 4.75. The van der Waals surface area contributed by atoms with E-state index in [2.05, 4.69) is 0 Å². The minimum Gasteiger partial charge on any atom is -0.398 e. The third kappa shape index (κ3) is 0.932. The lowest BCUT2D eigenvalue weighted by atomic mass is 10.1. The predicted molar refractivity (Wildman–Crippen MR) is 43.2 cm³/mol. The highest BCUT2D eigenvalue weighted by molar-refractivity contribution is 5.91. The molecule has 0 radical (unpaired) electrons. The molecule has 0 fully saturated rings. The average Bonchev–Trinajstić information content (AvgIpc) is 1.88. The second kappa shape index (κ2) is 2.39. The maximum atomic E-state index is 6.94. The zero-order valence-electron chi connectivity index (χ0n) is 5.46. The quantitative estimate of drug-likeness (QED) is 0.394. The van der Waals surface area contributed by atoms with Crippen LogP contribution in [0.4, 0.5) is 11.4 Å². The summed E-state index contributed by atoms with van der Waals surface area (Å²) in [6.45, 7) is 0. The molecule has 3 nitrogen and oxygen atoms in total. The Morgan fingerprint density at radius 1 is 1.20 bits per heavy atom. The van der Waals surface area contributed by atoms with Crippen LogP contribution < -0.4 is 11.5 Å². The van der Waals surface area contributed by atoms with Gasteiger partial charge in [0.2, 0.25) is 0 Å². The molecule has 0 heterocycles. The Labute approximate surface area is 59.2 Å². The normalized spacial score (nSPS) is 9.20. The van der Waals surface area contributed by atoms with Crippen molar-refractivity contribution in [3.8, 4) is 0 Å². The number of nitrogens with one attached hydrogen (secondary N) is 1. The summed E-state index contributed by atoms with van der Waals surface area (Å²) < 4.78 is 0. The first-order valence-corrected chi connectivity index (χ1v) is 2.90. The van der Waals surface area contributed by atoms with Gasteiger partial charge in [0.05, 0.1) is 0 Å². The van der Waals surface area contributed by atoms with Crippen molar-refractivity contribution in [3.05, 3.63) is 23.8 Å². The van der Waals surface area contributed by atoms with E-state index >= 15 is 0 Å². The summed E-state index contributed by atoms with van der Waals surface area (Å²) in [6.07, 6.45) is 1.16. The Hall–Kier alpha value is -1.51. The molecule has 5 N–H and O–H groups in total. The number of benzene rings is 1. The van der Waals surface area contributed by atoms with Crippen molar-refractivity contribution >= 4 is 17.6 Å². The van der Waals surface area contributed by atoms with Gasteiger partial charge in [0, 0.05) is 23.2 Å². The van der Waals surface area contributed by atoms with Gasteiger partial charge in [0.25, 0.3) is 0 Å². The van der Waals surface area contributed by atoms with Crippen molar-refractivity contribution in [1.82, 2.24) is 0 Å². The van der Waals surface area contributed by atoms with Gasteiger partial charge in [0.15, 0.2) is 0 Å². The standard InChI is InChI=1S/C7H9N3/c8-4-5-6(9)2-1-3-7(5)10/h1-4,8H,9-10H2. The lowest BCUT2D eigenvalue weighted by Crippen LogP contribution is -1.97. The van der Waals surface area contributed by atoms with E-state index in [0.717, 1.165) is 6.21 Å². The van der Waals surface area contributed by atoms with Crippen LogP contribution in [0.5, 0.6) is 0 Å². The van der Waals surface area contributed by atoms with Gasteiger partial charge in [0.1, 0.15) is 0 Å². The van der Waals surface area contributed by atoms with Gasteiger partial charge in [-0.1, -0.05) is 6.07 Å². The summed E-state index contributed by atoms with van der Waals surface area (Å²) in [5, 5.41) is 6.94. The molecular weight excluding hydrogens is 126 g/mol. The van der Waals surface area contributed by atoms with E-state index in [1.165, 1.54) is 0 Å². The van der Waals surface area contributed by atoms with E-state index in [-0.39, 0.29) is 0 Å². The molecule has 0 saturated carbocycles. The molecular formula is C7H9N3. The summed E-state index contributed by atoms with van der Waals surface area (Å²) in [6, 6.07) is 5.20. The molecule has 1 aromatic rings. The zero-order chi connectivity index (χ0) is 7.56. The average molecular weight is 135 g/mol. The minimum absolute atomic E-state index is 0.551. The fourth-order valence-corrected chi connectivity index (χ4v) is 0.768. The molecule has 0 aliphatic heterocycles. The van der Waals surface area contributed by atoms with Gasteiger partial charge in [-0.2, -0.15) is 0 Å². The molecule has 0 amide bonds. The van der Waals surface area contributed by atoms with Gasteiger partial charge in [-0.25, -0.2) is 0 Å². The molecule has 0 aliphatic carbocycles. The maximum absolute atomic E-state index is 6.94. The number of hydrogen-bond acceptors (Lipinski definition) is 3. The van der Waals surface area contributed by atoms with E-state index in [4.69, 9.17) is 16.9 Å². The van der Waals surface area contributed by atoms with Gasteiger partial charge in [-0.3, -0.25) is 0 Å². The number of anilines is 2. The second-order valence-corrected chi connectivity index (χ2v) is 1.99. The number of nitrogens with two attached hydrogens (primary N) is 2. The SMILES string of the molecule is N=Cc1c(N)cccc1N. The Balaban J connectivity index is 3.30. The Morgan fingerprint density at radius 2 is 1.70 bits per heavy atom. The highest BCUT2D eigenvalue weighted by Gasteiger charge is 1.97. The van der Waals surface area contributed by atoms with Crippen molar-refractivity contribution in [2.45, 2.75) is 0 Å². The molecule has 0 aliphatic rings. The Bertz CT molecular complexity index is 235. The first-order valence-electron chi connectivity index (χ1n) is 2.90. The lowest BCUT2D eigenvalue weighted by molar-refractivity contribution is 1.53. The maximum Gasteiger partial charge on any atom is 0.0423 e. The van der Waals surface area contributed by atoms with Crippen LogP contribution in [0.3, 0.4) is 0 Å². The molecule has 0 spiro atoms.